The van der Waals surface area contributed by atoms with Crippen LogP contribution in [0.25, 0.3) is 0 Å². The molecule has 122 valence electrons. The van der Waals surface area contributed by atoms with Crippen molar-refractivity contribution in [1.82, 2.24) is 5.32 Å². The first-order chi connectivity index (χ1) is 10.3. The van der Waals surface area contributed by atoms with Crippen molar-refractivity contribution in [3.05, 3.63) is 29.8 Å². The van der Waals surface area contributed by atoms with Crippen LogP contribution >= 0.6 is 0 Å². The topological polar surface area (TPSA) is 70.6 Å². The van der Waals surface area contributed by atoms with Gasteiger partial charge in [-0.2, -0.15) is 13.2 Å². The molecule has 0 atom stereocenters. The molecule has 0 bridgehead atoms. The molecule has 0 aliphatic carbocycles. The lowest BCUT2D eigenvalue weighted by molar-refractivity contribution is -0.137. The van der Waals surface area contributed by atoms with Crippen molar-refractivity contribution < 1.29 is 27.8 Å². The number of hydrogen-bond donors (Lipinski definition) is 3. The van der Waals surface area contributed by atoms with E-state index in [0.29, 0.717) is 26.1 Å². The number of halogens is 3. The summed E-state index contributed by atoms with van der Waals surface area (Å²) >= 11 is 0. The second kappa shape index (κ2) is 6.53. The van der Waals surface area contributed by atoms with Crippen LogP contribution in [-0.4, -0.2) is 36.5 Å². The lowest BCUT2D eigenvalue weighted by Gasteiger charge is -2.32. The van der Waals surface area contributed by atoms with Crippen LogP contribution in [0, 0.1) is 0 Å². The van der Waals surface area contributed by atoms with Gasteiger partial charge in [0.2, 0.25) is 0 Å². The zero-order valence-electron chi connectivity index (χ0n) is 11.7. The van der Waals surface area contributed by atoms with Crippen LogP contribution in [0.4, 0.5) is 23.7 Å². The Morgan fingerprint density at radius 3 is 2.64 bits per heavy atom. The molecular weight excluding hydrogens is 301 g/mol. The van der Waals surface area contributed by atoms with Gasteiger partial charge in [0, 0.05) is 38.3 Å². The number of urea groups is 1. The van der Waals surface area contributed by atoms with Crippen LogP contribution < -0.4 is 10.6 Å². The second-order valence-corrected chi connectivity index (χ2v) is 5.22. The number of rotatable bonds is 3. The number of anilines is 1. The van der Waals surface area contributed by atoms with Crippen molar-refractivity contribution in [1.29, 1.82) is 0 Å². The molecule has 1 aliphatic heterocycles. The summed E-state index contributed by atoms with van der Waals surface area (Å²) < 4.78 is 42.8. The Morgan fingerprint density at radius 1 is 1.32 bits per heavy atom. The van der Waals surface area contributed by atoms with Gasteiger partial charge in [-0.05, 0) is 18.2 Å². The molecule has 22 heavy (non-hydrogen) atoms. The summed E-state index contributed by atoms with van der Waals surface area (Å²) in [6, 6.07) is 3.68. The Balaban J connectivity index is 1.89. The van der Waals surface area contributed by atoms with E-state index < -0.39 is 23.4 Å². The summed E-state index contributed by atoms with van der Waals surface area (Å²) in [4.78, 5) is 11.7. The summed E-state index contributed by atoms with van der Waals surface area (Å²) in [5, 5.41) is 14.9. The molecule has 8 heteroatoms. The molecule has 0 radical (unpaired) electrons. The standard InChI is InChI=1S/C14H17F3N2O3/c15-14(16,17)10-2-1-3-11(8-10)19-12(20)18-9-13(21)4-6-22-7-5-13/h1-3,8,21H,4-7,9H2,(H2,18,19,20). The Morgan fingerprint density at radius 2 is 2.00 bits per heavy atom. The highest BCUT2D eigenvalue weighted by Crippen LogP contribution is 2.30. The number of nitrogens with one attached hydrogen (secondary N) is 2. The largest absolute Gasteiger partial charge is 0.416 e. The average Bonchev–Trinajstić information content (AvgIpc) is 2.46. The minimum Gasteiger partial charge on any atom is -0.388 e. The Kier molecular flexibility index (Phi) is 4.92. The number of benzene rings is 1. The van der Waals surface area contributed by atoms with E-state index in [4.69, 9.17) is 4.74 Å². The van der Waals surface area contributed by atoms with E-state index in [2.05, 4.69) is 10.6 Å². The summed E-state index contributed by atoms with van der Waals surface area (Å²) in [5.41, 5.74) is -1.84. The van der Waals surface area contributed by atoms with Gasteiger partial charge in [-0.15, -0.1) is 0 Å². The molecule has 1 fully saturated rings. The van der Waals surface area contributed by atoms with Crippen LogP contribution in [0.5, 0.6) is 0 Å². The van der Waals surface area contributed by atoms with Gasteiger partial charge in [0.05, 0.1) is 11.2 Å². The molecule has 2 rings (SSSR count). The Bertz CT molecular complexity index is 528. The minimum atomic E-state index is -4.47. The maximum Gasteiger partial charge on any atom is 0.416 e. The van der Waals surface area contributed by atoms with Crippen molar-refractivity contribution in [2.75, 3.05) is 25.1 Å². The molecule has 0 unspecified atom stereocenters. The quantitative estimate of drug-likeness (QED) is 0.801. The molecule has 1 aliphatic rings. The lowest BCUT2D eigenvalue weighted by atomic mass is 9.94. The molecule has 0 saturated carbocycles. The van der Waals surface area contributed by atoms with Gasteiger partial charge in [0.25, 0.3) is 0 Å². The third kappa shape index (κ3) is 4.60. The van der Waals surface area contributed by atoms with Gasteiger partial charge in [0.15, 0.2) is 0 Å². The first kappa shape index (κ1) is 16.6. The fourth-order valence-electron chi connectivity index (χ4n) is 2.12. The first-order valence-corrected chi connectivity index (χ1v) is 6.81. The van der Waals surface area contributed by atoms with Gasteiger partial charge >= 0.3 is 12.2 Å². The first-order valence-electron chi connectivity index (χ1n) is 6.81. The van der Waals surface area contributed by atoms with E-state index in [0.717, 1.165) is 12.1 Å². The number of ether oxygens (including phenoxy) is 1. The van der Waals surface area contributed by atoms with E-state index in [9.17, 15) is 23.1 Å². The van der Waals surface area contributed by atoms with Crippen LogP contribution in [0.3, 0.4) is 0 Å². The number of hydrogen-bond acceptors (Lipinski definition) is 3. The molecule has 1 aromatic carbocycles. The second-order valence-electron chi connectivity index (χ2n) is 5.22. The molecule has 1 saturated heterocycles. The highest BCUT2D eigenvalue weighted by Gasteiger charge is 2.31. The van der Waals surface area contributed by atoms with E-state index in [1.54, 1.807) is 0 Å². The van der Waals surface area contributed by atoms with Gasteiger partial charge in [-0.25, -0.2) is 4.79 Å². The zero-order chi connectivity index (χ0) is 16.2. The third-order valence-corrected chi connectivity index (χ3v) is 3.45. The molecule has 5 nitrogen and oxygen atoms in total. The Hall–Kier alpha value is -1.80. The van der Waals surface area contributed by atoms with Gasteiger partial charge in [0.1, 0.15) is 0 Å². The van der Waals surface area contributed by atoms with Gasteiger partial charge in [-0.3, -0.25) is 0 Å². The van der Waals surface area contributed by atoms with E-state index in [-0.39, 0.29) is 12.2 Å². The maximum atomic E-state index is 12.6. The fraction of sp³-hybridized carbons (Fsp3) is 0.500. The van der Waals surface area contributed by atoms with Crippen LogP contribution in [0.2, 0.25) is 0 Å². The predicted octanol–water partition coefficient (Wildman–Crippen LogP) is 2.37. The number of alkyl halides is 3. The molecular formula is C14H17F3N2O3. The smallest absolute Gasteiger partial charge is 0.388 e. The third-order valence-electron chi connectivity index (χ3n) is 3.45. The summed E-state index contributed by atoms with van der Waals surface area (Å²) in [7, 11) is 0. The molecule has 0 aromatic heterocycles. The van der Waals surface area contributed by atoms with Crippen molar-refractivity contribution in [2.45, 2.75) is 24.6 Å². The van der Waals surface area contributed by atoms with E-state index >= 15 is 0 Å². The number of aliphatic hydroxyl groups is 1. The van der Waals surface area contributed by atoms with Crippen LogP contribution in [-0.2, 0) is 10.9 Å². The van der Waals surface area contributed by atoms with Crippen molar-refractivity contribution in [2.24, 2.45) is 0 Å². The van der Waals surface area contributed by atoms with Crippen molar-refractivity contribution >= 4 is 11.7 Å². The molecule has 3 N–H and O–H groups in total. The summed E-state index contributed by atoms with van der Waals surface area (Å²) in [5.74, 6) is 0. The maximum absolute atomic E-state index is 12.6. The summed E-state index contributed by atoms with van der Waals surface area (Å²) in [6.45, 7) is 0.835. The number of carbonyl (C=O) groups is 1. The Labute approximate surface area is 125 Å². The fourth-order valence-corrected chi connectivity index (χ4v) is 2.12. The highest BCUT2D eigenvalue weighted by molar-refractivity contribution is 5.89. The monoisotopic (exact) mass is 318 g/mol. The predicted molar refractivity (Wildman–Crippen MR) is 73.5 cm³/mol. The van der Waals surface area contributed by atoms with Gasteiger partial charge in [-0.1, -0.05) is 6.07 Å². The van der Waals surface area contributed by atoms with E-state index in [1.807, 2.05) is 0 Å². The van der Waals surface area contributed by atoms with Crippen LogP contribution in [0.15, 0.2) is 24.3 Å². The minimum absolute atomic E-state index is 0.0150. The summed E-state index contributed by atoms with van der Waals surface area (Å²) in [6.07, 6.45) is -3.67. The molecule has 1 heterocycles. The number of carbonyl (C=O) groups excluding carboxylic acids is 1. The SMILES string of the molecule is O=C(NCC1(O)CCOCC1)Nc1cccc(C(F)(F)F)c1. The molecule has 1 aromatic rings. The average molecular weight is 318 g/mol. The van der Waals surface area contributed by atoms with Crippen molar-refractivity contribution in [3.8, 4) is 0 Å². The normalized spacial score (nSPS) is 17.8. The van der Waals surface area contributed by atoms with Gasteiger partial charge < -0.3 is 20.5 Å². The van der Waals surface area contributed by atoms with Crippen molar-refractivity contribution in [3.63, 3.8) is 0 Å². The number of amides is 2. The molecule has 2 amide bonds. The van der Waals surface area contributed by atoms with E-state index in [1.165, 1.54) is 12.1 Å². The lowest BCUT2D eigenvalue weighted by Crippen LogP contribution is -2.47. The zero-order valence-corrected chi connectivity index (χ0v) is 11.7. The highest BCUT2D eigenvalue weighted by atomic mass is 19.4. The molecule has 0 spiro atoms. The van der Waals surface area contributed by atoms with Crippen LogP contribution in [0.1, 0.15) is 18.4 Å².